The Kier molecular flexibility index (Phi) is 6.49. The third kappa shape index (κ3) is 4.19. The Hall–Kier alpha value is -0.610. The lowest BCUT2D eigenvalue weighted by atomic mass is 10.1. The largest absolute Gasteiger partial charge is 0.337 e. The molecule has 0 aromatic rings. The Morgan fingerprint density at radius 1 is 1.05 bits per heavy atom. The number of likely N-dealkylation sites (tertiary alicyclic amines) is 2. The van der Waals surface area contributed by atoms with Crippen molar-refractivity contribution in [2.75, 3.05) is 39.8 Å². The molecule has 0 aromatic carbocycles. The zero-order valence-corrected chi connectivity index (χ0v) is 14.2. The van der Waals surface area contributed by atoms with E-state index in [1.807, 2.05) is 0 Å². The Labute approximate surface area is 130 Å². The van der Waals surface area contributed by atoms with Crippen LogP contribution in [0.1, 0.15) is 52.4 Å². The van der Waals surface area contributed by atoms with Gasteiger partial charge in [0.05, 0.1) is 6.04 Å². The summed E-state index contributed by atoms with van der Waals surface area (Å²) in [5, 5.41) is 0. The van der Waals surface area contributed by atoms with Gasteiger partial charge in [-0.25, -0.2) is 0 Å². The standard InChI is InChI=1S/C17H33N3O/c1-4-19(5-2)14-15-10-9-13-20(15)17(21)16-11-7-6-8-12-18(16)3/h15-16H,4-14H2,1-3H3/t15-,16+/m1/s1. The summed E-state index contributed by atoms with van der Waals surface area (Å²) in [5.74, 6) is 0.397. The second-order valence-electron chi connectivity index (χ2n) is 6.66. The fraction of sp³-hybridized carbons (Fsp3) is 0.941. The molecule has 2 aliphatic rings. The van der Waals surface area contributed by atoms with Gasteiger partial charge in [0, 0.05) is 19.1 Å². The lowest BCUT2D eigenvalue weighted by molar-refractivity contribution is -0.137. The number of carbonyl (C=O) groups excluding carboxylic acids is 1. The smallest absolute Gasteiger partial charge is 0.240 e. The minimum atomic E-state index is 0.129. The zero-order chi connectivity index (χ0) is 15.2. The maximum Gasteiger partial charge on any atom is 0.240 e. The monoisotopic (exact) mass is 295 g/mol. The van der Waals surface area contributed by atoms with Crippen molar-refractivity contribution in [3.63, 3.8) is 0 Å². The van der Waals surface area contributed by atoms with E-state index >= 15 is 0 Å². The first kappa shape index (κ1) is 16.8. The van der Waals surface area contributed by atoms with Crippen LogP contribution >= 0.6 is 0 Å². The van der Waals surface area contributed by atoms with Gasteiger partial charge in [0.25, 0.3) is 0 Å². The molecule has 0 radical (unpaired) electrons. The van der Waals surface area contributed by atoms with Crippen molar-refractivity contribution in [3.8, 4) is 0 Å². The molecule has 0 bridgehead atoms. The van der Waals surface area contributed by atoms with Crippen LogP contribution in [0.5, 0.6) is 0 Å². The van der Waals surface area contributed by atoms with Gasteiger partial charge in [-0.1, -0.05) is 26.7 Å². The summed E-state index contributed by atoms with van der Waals surface area (Å²) in [6, 6.07) is 0.568. The minimum Gasteiger partial charge on any atom is -0.337 e. The van der Waals surface area contributed by atoms with Gasteiger partial charge in [0.1, 0.15) is 0 Å². The van der Waals surface area contributed by atoms with Crippen LogP contribution in [0, 0.1) is 0 Å². The van der Waals surface area contributed by atoms with Crippen molar-refractivity contribution in [2.24, 2.45) is 0 Å². The van der Waals surface area contributed by atoms with Gasteiger partial charge < -0.3 is 9.80 Å². The summed E-state index contributed by atoms with van der Waals surface area (Å²) in [6.07, 6.45) is 7.12. The highest BCUT2D eigenvalue weighted by Gasteiger charge is 2.35. The van der Waals surface area contributed by atoms with E-state index < -0.39 is 0 Å². The molecule has 0 aliphatic carbocycles. The number of hydrogen-bond acceptors (Lipinski definition) is 3. The summed E-state index contributed by atoms with van der Waals surface area (Å²) in [5.41, 5.74) is 0. The van der Waals surface area contributed by atoms with Crippen LogP contribution in [0.2, 0.25) is 0 Å². The third-order valence-electron chi connectivity index (χ3n) is 5.33. The van der Waals surface area contributed by atoms with Crippen LogP contribution in [-0.4, -0.2) is 72.5 Å². The van der Waals surface area contributed by atoms with Gasteiger partial charge in [-0.05, 0) is 52.4 Å². The molecule has 2 fully saturated rings. The maximum atomic E-state index is 13.0. The van der Waals surface area contributed by atoms with E-state index in [9.17, 15) is 4.79 Å². The van der Waals surface area contributed by atoms with Gasteiger partial charge in [0.2, 0.25) is 5.91 Å². The van der Waals surface area contributed by atoms with Crippen molar-refractivity contribution < 1.29 is 4.79 Å². The lowest BCUT2D eigenvalue weighted by Crippen LogP contribution is -2.51. The Balaban J connectivity index is 1.99. The zero-order valence-electron chi connectivity index (χ0n) is 14.2. The number of likely N-dealkylation sites (N-methyl/N-ethyl adjacent to an activating group) is 2. The molecular formula is C17H33N3O. The molecule has 2 atom stereocenters. The number of nitrogens with zero attached hydrogens (tertiary/aromatic N) is 3. The predicted molar refractivity (Wildman–Crippen MR) is 87.4 cm³/mol. The van der Waals surface area contributed by atoms with Gasteiger partial charge in [-0.2, -0.15) is 0 Å². The molecule has 2 aliphatic heterocycles. The third-order valence-corrected chi connectivity index (χ3v) is 5.33. The number of amides is 1. The minimum absolute atomic E-state index is 0.129. The number of carbonyl (C=O) groups is 1. The maximum absolute atomic E-state index is 13.0. The van der Waals surface area contributed by atoms with Crippen LogP contribution in [0.3, 0.4) is 0 Å². The molecule has 0 spiro atoms. The molecule has 0 saturated carbocycles. The highest BCUT2D eigenvalue weighted by molar-refractivity contribution is 5.82. The van der Waals surface area contributed by atoms with E-state index in [1.54, 1.807) is 0 Å². The second kappa shape index (κ2) is 8.14. The predicted octanol–water partition coefficient (Wildman–Crippen LogP) is 2.19. The Morgan fingerprint density at radius 2 is 1.81 bits per heavy atom. The normalized spacial score (nSPS) is 28.1. The van der Waals surface area contributed by atoms with Crippen molar-refractivity contribution in [3.05, 3.63) is 0 Å². The molecule has 2 rings (SSSR count). The topological polar surface area (TPSA) is 26.8 Å². The summed E-state index contributed by atoms with van der Waals surface area (Å²) in [6.45, 7) is 9.68. The summed E-state index contributed by atoms with van der Waals surface area (Å²) in [7, 11) is 2.13. The second-order valence-corrected chi connectivity index (χ2v) is 6.66. The highest BCUT2D eigenvalue weighted by atomic mass is 16.2. The van der Waals surface area contributed by atoms with Crippen LogP contribution in [0.4, 0.5) is 0 Å². The van der Waals surface area contributed by atoms with E-state index in [1.165, 1.54) is 32.1 Å². The van der Waals surface area contributed by atoms with E-state index in [4.69, 9.17) is 0 Å². The van der Waals surface area contributed by atoms with E-state index in [0.717, 1.165) is 39.1 Å². The molecule has 0 aromatic heterocycles. The SMILES string of the molecule is CCN(CC)C[C@H]1CCCN1C(=O)[C@@H]1CCCCCN1C. The van der Waals surface area contributed by atoms with Crippen LogP contribution in [0.15, 0.2) is 0 Å². The van der Waals surface area contributed by atoms with E-state index in [2.05, 4.69) is 35.6 Å². The summed E-state index contributed by atoms with van der Waals surface area (Å²) >= 11 is 0. The van der Waals surface area contributed by atoms with Crippen molar-refractivity contribution in [2.45, 2.75) is 64.5 Å². The summed E-state index contributed by atoms with van der Waals surface area (Å²) < 4.78 is 0. The first-order valence-electron chi connectivity index (χ1n) is 8.90. The quantitative estimate of drug-likeness (QED) is 0.778. The van der Waals surface area contributed by atoms with E-state index in [0.29, 0.717) is 11.9 Å². The molecule has 122 valence electrons. The first-order valence-corrected chi connectivity index (χ1v) is 8.90. The molecule has 21 heavy (non-hydrogen) atoms. The number of rotatable bonds is 5. The fourth-order valence-electron chi connectivity index (χ4n) is 3.85. The average molecular weight is 295 g/mol. The van der Waals surface area contributed by atoms with Gasteiger partial charge in [-0.3, -0.25) is 9.69 Å². The van der Waals surface area contributed by atoms with Crippen LogP contribution in [-0.2, 0) is 4.79 Å². The van der Waals surface area contributed by atoms with Gasteiger partial charge in [-0.15, -0.1) is 0 Å². The van der Waals surface area contributed by atoms with Crippen LogP contribution < -0.4 is 0 Å². The lowest BCUT2D eigenvalue weighted by Gasteiger charge is -2.34. The van der Waals surface area contributed by atoms with Crippen molar-refractivity contribution in [1.82, 2.24) is 14.7 Å². The molecule has 4 heteroatoms. The van der Waals surface area contributed by atoms with Crippen molar-refractivity contribution in [1.29, 1.82) is 0 Å². The molecule has 4 nitrogen and oxygen atoms in total. The van der Waals surface area contributed by atoms with Gasteiger partial charge >= 0.3 is 0 Å². The fourth-order valence-corrected chi connectivity index (χ4v) is 3.85. The Bertz CT molecular complexity index is 330. The molecule has 0 N–H and O–H groups in total. The summed E-state index contributed by atoms with van der Waals surface area (Å²) in [4.78, 5) is 19.9. The number of hydrogen-bond donors (Lipinski definition) is 0. The molecule has 2 saturated heterocycles. The molecule has 2 heterocycles. The van der Waals surface area contributed by atoms with Crippen LogP contribution in [0.25, 0.3) is 0 Å². The van der Waals surface area contributed by atoms with Gasteiger partial charge in [0.15, 0.2) is 0 Å². The van der Waals surface area contributed by atoms with Crippen molar-refractivity contribution >= 4 is 5.91 Å². The Morgan fingerprint density at radius 3 is 2.52 bits per heavy atom. The average Bonchev–Trinajstić information content (AvgIpc) is 2.85. The van der Waals surface area contributed by atoms with E-state index in [-0.39, 0.29) is 6.04 Å². The molecular weight excluding hydrogens is 262 g/mol. The molecule has 1 amide bonds. The molecule has 0 unspecified atom stereocenters. The highest BCUT2D eigenvalue weighted by Crippen LogP contribution is 2.23. The first-order chi connectivity index (χ1) is 10.2.